The first-order chi connectivity index (χ1) is 46.9. The van der Waals surface area contributed by atoms with Gasteiger partial charge in [-0.1, -0.05) is 250 Å². The number of carboxylic acids is 1. The van der Waals surface area contributed by atoms with Crippen molar-refractivity contribution in [2.75, 3.05) is 26.4 Å². The molecule has 23 nitrogen and oxygen atoms in total. The molecule has 2 amide bonds. The largest absolute Gasteiger partial charge is 0.477 e. The Morgan fingerprint density at radius 1 is 0.536 bits per heavy atom. The molecule has 3 rings (SSSR count). The Hall–Kier alpha value is -2.79. The molecule has 0 aromatic rings. The van der Waals surface area contributed by atoms with Crippen molar-refractivity contribution >= 4 is 17.8 Å². The van der Waals surface area contributed by atoms with Crippen LogP contribution in [-0.4, -0.2) is 215 Å². The number of ether oxygens (including phenoxy) is 6. The first-order valence-corrected chi connectivity index (χ1v) is 38.2. The molecule has 0 spiro atoms. The summed E-state index contributed by atoms with van der Waals surface area (Å²) in [6.45, 7) is 2.19. The van der Waals surface area contributed by atoms with E-state index in [1.807, 2.05) is 0 Å². The number of rotatable bonds is 59. The van der Waals surface area contributed by atoms with Gasteiger partial charge in [0.2, 0.25) is 11.8 Å². The van der Waals surface area contributed by atoms with Crippen molar-refractivity contribution in [3.8, 4) is 0 Å². The Bertz CT molecular complexity index is 2040. The van der Waals surface area contributed by atoms with Crippen LogP contribution in [0.2, 0.25) is 0 Å². The average molecular weight is 1390 g/mol. The predicted molar refractivity (Wildman–Crippen MR) is 371 cm³/mol. The monoisotopic (exact) mass is 1390 g/mol. The highest BCUT2D eigenvalue weighted by Gasteiger charge is 2.60. The summed E-state index contributed by atoms with van der Waals surface area (Å²) in [7, 11) is 0. The topological polar surface area (TPSA) is 373 Å². The number of aliphatic carboxylic acids is 1. The molecule has 3 aliphatic heterocycles. The van der Waals surface area contributed by atoms with Crippen molar-refractivity contribution < 1.29 is 104 Å². The molecule has 0 bridgehead atoms. The van der Waals surface area contributed by atoms with Gasteiger partial charge in [0, 0.05) is 19.8 Å². The first-order valence-electron chi connectivity index (χ1n) is 38.2. The highest BCUT2D eigenvalue weighted by atomic mass is 16.8. The van der Waals surface area contributed by atoms with Crippen LogP contribution >= 0.6 is 0 Å². The minimum Gasteiger partial charge on any atom is -0.477 e. The maximum Gasteiger partial charge on any atom is 0.364 e. The molecule has 0 radical (unpaired) electrons. The number of aliphatic hydroxyl groups is 11. The van der Waals surface area contributed by atoms with Gasteiger partial charge >= 0.3 is 5.97 Å². The Kier molecular flexibility index (Phi) is 49.2. The minimum absolute atomic E-state index is 0.225. The molecule has 18 atom stereocenters. The zero-order valence-electron chi connectivity index (χ0n) is 59.7. The standard InChI is InChI=1S/C74H136N2O21/c1-4-6-8-10-12-14-16-17-18-19-20-21-22-23-24-25-26-27-28-29-30-31-32-33-34-35-36-37-38-40-42-44-46-48-61(84)76-55(56(81)47-45-43-41-39-15-13-11-9-7-5-2)53-92-71-66(88)65(87)68(60(52-79)94-71)95-72-67(89)70(64(86)59(51-78)93-72)97-74(73(90)91)49-57(82)62(75-54(3)80)69(96-74)63(85)58(83)50-77/h20-21,23-24,55-60,62-72,77-79,81-83,85-89H,4-19,22,25-53H2,1-3H3,(H,75,80)(H,76,84)(H,90,91)/b21-20-,24-23-. The van der Waals surface area contributed by atoms with Gasteiger partial charge < -0.3 is 100 Å². The van der Waals surface area contributed by atoms with Gasteiger partial charge in [-0.2, -0.15) is 0 Å². The van der Waals surface area contributed by atoms with Crippen LogP contribution in [0.1, 0.15) is 290 Å². The van der Waals surface area contributed by atoms with Gasteiger partial charge in [0.15, 0.2) is 12.6 Å². The zero-order chi connectivity index (χ0) is 71.1. The molecule has 3 fully saturated rings. The summed E-state index contributed by atoms with van der Waals surface area (Å²) in [6.07, 6.45) is 28.0. The van der Waals surface area contributed by atoms with E-state index in [0.29, 0.717) is 19.3 Å². The maximum atomic E-state index is 13.5. The van der Waals surface area contributed by atoms with E-state index in [-0.39, 0.29) is 18.9 Å². The van der Waals surface area contributed by atoms with E-state index in [2.05, 4.69) is 48.8 Å². The molecule has 0 aromatic carbocycles. The second kappa shape index (κ2) is 53.9. The third-order valence-electron chi connectivity index (χ3n) is 19.4. The summed E-state index contributed by atoms with van der Waals surface area (Å²) >= 11 is 0. The van der Waals surface area contributed by atoms with E-state index in [1.165, 1.54) is 180 Å². The molecular weight excluding hydrogens is 1250 g/mol. The molecule has 18 unspecified atom stereocenters. The Morgan fingerprint density at radius 3 is 1.44 bits per heavy atom. The van der Waals surface area contributed by atoms with E-state index in [0.717, 1.165) is 64.7 Å². The molecule has 14 N–H and O–H groups in total. The average Bonchev–Trinajstić information content (AvgIpc) is 0.777. The van der Waals surface area contributed by atoms with E-state index in [1.54, 1.807) is 0 Å². The van der Waals surface area contributed by atoms with Crippen molar-refractivity contribution in [2.45, 2.75) is 400 Å². The van der Waals surface area contributed by atoms with Crippen molar-refractivity contribution in [1.29, 1.82) is 0 Å². The van der Waals surface area contributed by atoms with Crippen molar-refractivity contribution in [1.82, 2.24) is 10.6 Å². The number of carbonyl (C=O) groups is 3. The van der Waals surface area contributed by atoms with Crippen LogP contribution in [0, 0.1) is 0 Å². The lowest BCUT2D eigenvalue weighted by Gasteiger charge is -2.50. The lowest BCUT2D eigenvalue weighted by molar-refractivity contribution is -0.386. The number of carbonyl (C=O) groups excluding carboxylic acids is 2. The number of amides is 2. The molecule has 3 heterocycles. The maximum absolute atomic E-state index is 13.5. The van der Waals surface area contributed by atoms with Gasteiger partial charge in [0.1, 0.15) is 67.1 Å². The van der Waals surface area contributed by atoms with Gasteiger partial charge in [-0.15, -0.1) is 0 Å². The normalized spacial score (nSPS) is 27.5. The summed E-state index contributed by atoms with van der Waals surface area (Å²) in [4.78, 5) is 38.6. The number of unbranched alkanes of at least 4 members (excludes halogenated alkanes) is 35. The van der Waals surface area contributed by atoms with Crippen LogP contribution in [0.25, 0.3) is 0 Å². The molecular formula is C74H136N2O21. The highest BCUT2D eigenvalue weighted by Crippen LogP contribution is 2.39. The van der Waals surface area contributed by atoms with Crippen LogP contribution in [0.5, 0.6) is 0 Å². The molecule has 3 saturated heterocycles. The lowest BCUT2D eigenvalue weighted by Crippen LogP contribution is -2.70. The van der Waals surface area contributed by atoms with Gasteiger partial charge in [0.25, 0.3) is 5.79 Å². The first kappa shape index (κ1) is 88.4. The van der Waals surface area contributed by atoms with Crippen molar-refractivity contribution in [3.05, 3.63) is 24.3 Å². The second-order valence-electron chi connectivity index (χ2n) is 27.9. The van der Waals surface area contributed by atoms with Crippen LogP contribution in [0.3, 0.4) is 0 Å². The van der Waals surface area contributed by atoms with Gasteiger partial charge in [0.05, 0.1) is 50.7 Å². The summed E-state index contributed by atoms with van der Waals surface area (Å²) in [5.74, 6) is -6.10. The van der Waals surface area contributed by atoms with Gasteiger partial charge in [-0.05, 0) is 44.9 Å². The van der Waals surface area contributed by atoms with Crippen molar-refractivity contribution in [2.24, 2.45) is 0 Å². The number of nitrogens with one attached hydrogen (secondary N) is 2. The number of allylic oxidation sites excluding steroid dienone is 4. The fourth-order valence-electron chi connectivity index (χ4n) is 13.3. The Labute approximate surface area is 581 Å². The van der Waals surface area contributed by atoms with Gasteiger partial charge in [-0.3, -0.25) is 9.59 Å². The summed E-state index contributed by atoms with van der Waals surface area (Å²) in [5, 5.41) is 136. The van der Waals surface area contributed by atoms with Crippen LogP contribution in [0.15, 0.2) is 24.3 Å². The molecule has 0 aliphatic carbocycles. The van der Waals surface area contributed by atoms with E-state index in [9.17, 15) is 75.7 Å². The van der Waals surface area contributed by atoms with Crippen LogP contribution < -0.4 is 10.6 Å². The second-order valence-corrected chi connectivity index (χ2v) is 27.9. The lowest BCUT2D eigenvalue weighted by atomic mass is 9.88. The molecule has 0 saturated carbocycles. The Balaban J connectivity index is 1.43. The number of hydrogen-bond acceptors (Lipinski definition) is 20. The Morgan fingerprint density at radius 2 is 0.990 bits per heavy atom. The summed E-state index contributed by atoms with van der Waals surface area (Å²) < 4.78 is 34.8. The quantitative estimate of drug-likeness (QED) is 0.0200. The van der Waals surface area contributed by atoms with E-state index in [4.69, 9.17) is 28.4 Å². The molecule has 23 heteroatoms. The summed E-state index contributed by atoms with van der Waals surface area (Å²) in [6, 6.07) is -2.53. The van der Waals surface area contributed by atoms with Crippen LogP contribution in [0.4, 0.5) is 0 Å². The molecule has 97 heavy (non-hydrogen) atoms. The summed E-state index contributed by atoms with van der Waals surface area (Å²) in [5.41, 5.74) is 0. The van der Waals surface area contributed by atoms with Gasteiger partial charge in [-0.25, -0.2) is 4.79 Å². The van der Waals surface area contributed by atoms with Crippen molar-refractivity contribution in [3.63, 3.8) is 0 Å². The number of hydrogen-bond donors (Lipinski definition) is 14. The third-order valence-corrected chi connectivity index (χ3v) is 19.4. The highest BCUT2D eigenvalue weighted by molar-refractivity contribution is 5.77. The zero-order valence-corrected chi connectivity index (χ0v) is 59.7. The fourth-order valence-corrected chi connectivity index (χ4v) is 13.3. The fraction of sp³-hybridized carbons (Fsp3) is 0.905. The molecule has 568 valence electrons. The molecule has 3 aliphatic rings. The smallest absolute Gasteiger partial charge is 0.364 e. The number of carboxylic acid groups (broad SMARTS) is 1. The van der Waals surface area contributed by atoms with E-state index < -0.39 is 148 Å². The molecule has 0 aromatic heterocycles. The minimum atomic E-state index is -3.08. The third kappa shape index (κ3) is 35.3. The number of aliphatic hydroxyl groups excluding tert-OH is 11. The van der Waals surface area contributed by atoms with Crippen LogP contribution in [-0.2, 0) is 42.8 Å². The van der Waals surface area contributed by atoms with E-state index >= 15 is 0 Å². The predicted octanol–water partition coefficient (Wildman–Crippen LogP) is 8.79. The SMILES string of the molecule is CCCCCCCCCCC/C=C\C/C=C\CCCCCCCCCCCCCCCCCCCC(=O)NC(COC1OC(CO)C(OC2OC(CO)C(O)C(OC3(C(=O)O)CC(O)C(NC(C)=O)C(C(O)C(O)CO)O3)C2O)C(O)C1O)C(O)CCCCCCCCCCCC.